The Morgan fingerprint density at radius 3 is 2.83 bits per heavy atom. The second-order valence-corrected chi connectivity index (χ2v) is 7.20. The fourth-order valence-corrected chi connectivity index (χ4v) is 4.58. The van der Waals surface area contributed by atoms with Crippen molar-refractivity contribution in [2.75, 3.05) is 13.2 Å². The number of fused-ring (bicyclic) bond motifs is 1. The predicted molar refractivity (Wildman–Crippen MR) is 82.6 cm³/mol. The third-order valence-corrected chi connectivity index (χ3v) is 5.70. The number of carboxylic acid groups (broad SMARTS) is 1. The summed E-state index contributed by atoms with van der Waals surface area (Å²) in [6.07, 6.45) is 1.66. The van der Waals surface area contributed by atoms with Gasteiger partial charge in [-0.05, 0) is 30.7 Å². The number of aryl methyl sites for hydroxylation is 1. The van der Waals surface area contributed by atoms with Crippen molar-refractivity contribution in [2.45, 2.75) is 23.8 Å². The Morgan fingerprint density at radius 2 is 2.17 bits per heavy atom. The second kappa shape index (κ2) is 5.55. The predicted octanol–water partition coefficient (Wildman–Crippen LogP) is 1.07. The lowest BCUT2D eigenvalue weighted by atomic mass is 10.0. The molecule has 1 unspecified atom stereocenters. The number of aromatic nitrogens is 1. The molecule has 1 aliphatic heterocycles. The smallest absolute Gasteiger partial charge is 0.327 e. The van der Waals surface area contributed by atoms with Crippen LogP contribution < -0.4 is 4.72 Å². The Labute approximate surface area is 133 Å². The lowest BCUT2D eigenvalue weighted by Crippen LogP contribution is -2.55. The number of hydrogen-bond acceptors (Lipinski definition) is 5. The summed E-state index contributed by atoms with van der Waals surface area (Å²) in [7, 11) is -4.06. The molecule has 0 aliphatic carbocycles. The van der Waals surface area contributed by atoms with Gasteiger partial charge in [0.1, 0.15) is 0 Å². The average Bonchev–Trinajstić information content (AvgIpc) is 2.96. The standard InChI is InChI=1S/C15H16N2O5S/c1-10-4-5-12-11(3-2-7-16-12)13(10)23(20,21)17-15(14(18)19)6-8-22-9-15/h2-5,7,17H,6,8-9H2,1H3,(H,18,19). The van der Waals surface area contributed by atoms with Crippen LogP contribution in [-0.2, 0) is 19.6 Å². The Morgan fingerprint density at radius 1 is 1.39 bits per heavy atom. The summed E-state index contributed by atoms with van der Waals surface area (Å²) in [4.78, 5) is 15.8. The number of sulfonamides is 1. The van der Waals surface area contributed by atoms with E-state index in [9.17, 15) is 18.3 Å². The van der Waals surface area contributed by atoms with Crippen molar-refractivity contribution in [3.05, 3.63) is 36.0 Å². The number of aliphatic carboxylic acids is 1. The molecular weight excluding hydrogens is 320 g/mol. The van der Waals surface area contributed by atoms with Crippen molar-refractivity contribution in [1.82, 2.24) is 9.71 Å². The topological polar surface area (TPSA) is 106 Å². The van der Waals surface area contributed by atoms with E-state index >= 15 is 0 Å². The van der Waals surface area contributed by atoms with Crippen LogP contribution >= 0.6 is 0 Å². The van der Waals surface area contributed by atoms with Gasteiger partial charge in [-0.25, -0.2) is 8.42 Å². The van der Waals surface area contributed by atoms with Crippen molar-refractivity contribution in [3.8, 4) is 0 Å². The molecule has 1 atom stereocenters. The Kier molecular flexibility index (Phi) is 3.83. The summed E-state index contributed by atoms with van der Waals surface area (Å²) >= 11 is 0. The van der Waals surface area contributed by atoms with Crippen LogP contribution in [-0.4, -0.2) is 43.2 Å². The van der Waals surface area contributed by atoms with Gasteiger partial charge >= 0.3 is 5.97 Å². The molecule has 1 aromatic carbocycles. The normalized spacial score (nSPS) is 21.6. The lowest BCUT2D eigenvalue weighted by molar-refractivity contribution is -0.144. The zero-order valence-corrected chi connectivity index (χ0v) is 13.3. The van der Waals surface area contributed by atoms with Gasteiger partial charge in [-0.15, -0.1) is 0 Å². The average molecular weight is 336 g/mol. The molecule has 0 bridgehead atoms. The molecule has 2 N–H and O–H groups in total. The molecule has 3 rings (SSSR count). The zero-order valence-electron chi connectivity index (χ0n) is 12.4. The molecular formula is C15H16N2O5S. The van der Waals surface area contributed by atoms with E-state index in [2.05, 4.69) is 9.71 Å². The fourth-order valence-electron chi connectivity index (χ4n) is 2.76. The van der Waals surface area contributed by atoms with Crippen LogP contribution in [0.3, 0.4) is 0 Å². The van der Waals surface area contributed by atoms with Crippen LogP contribution in [0, 0.1) is 6.92 Å². The van der Waals surface area contributed by atoms with Crippen LogP contribution in [0.25, 0.3) is 10.9 Å². The van der Waals surface area contributed by atoms with Crippen molar-refractivity contribution in [1.29, 1.82) is 0 Å². The molecule has 122 valence electrons. The number of benzene rings is 1. The van der Waals surface area contributed by atoms with Gasteiger partial charge in [-0.2, -0.15) is 4.72 Å². The summed E-state index contributed by atoms with van der Waals surface area (Å²) in [5.41, 5.74) is -0.571. The number of rotatable bonds is 4. The first-order valence-corrected chi connectivity index (χ1v) is 8.53. The van der Waals surface area contributed by atoms with Crippen molar-refractivity contribution in [3.63, 3.8) is 0 Å². The van der Waals surface area contributed by atoms with Gasteiger partial charge in [0.25, 0.3) is 0 Å². The van der Waals surface area contributed by atoms with Gasteiger partial charge < -0.3 is 9.84 Å². The first kappa shape index (κ1) is 15.9. The molecule has 2 aromatic rings. The summed E-state index contributed by atoms with van der Waals surface area (Å²) in [6, 6.07) is 6.69. The molecule has 1 aromatic heterocycles. The highest BCUT2D eigenvalue weighted by atomic mass is 32.2. The van der Waals surface area contributed by atoms with E-state index < -0.39 is 21.5 Å². The third-order valence-electron chi connectivity index (χ3n) is 3.96. The highest BCUT2D eigenvalue weighted by molar-refractivity contribution is 7.89. The monoisotopic (exact) mass is 336 g/mol. The number of carbonyl (C=O) groups is 1. The van der Waals surface area contributed by atoms with Gasteiger partial charge in [0.2, 0.25) is 10.0 Å². The molecule has 1 saturated heterocycles. The number of pyridine rings is 1. The van der Waals surface area contributed by atoms with Gasteiger partial charge in [-0.1, -0.05) is 6.07 Å². The van der Waals surface area contributed by atoms with Crippen LogP contribution in [0.1, 0.15) is 12.0 Å². The second-order valence-electron chi connectivity index (χ2n) is 5.58. The highest BCUT2D eigenvalue weighted by Crippen LogP contribution is 2.28. The Balaban J connectivity index is 2.14. The SMILES string of the molecule is Cc1ccc2ncccc2c1S(=O)(=O)NC1(C(=O)O)CCOC1. The van der Waals surface area contributed by atoms with Crippen LogP contribution in [0.5, 0.6) is 0 Å². The minimum absolute atomic E-state index is 0.0515. The van der Waals surface area contributed by atoms with Gasteiger partial charge in [-0.3, -0.25) is 9.78 Å². The first-order chi connectivity index (χ1) is 10.9. The molecule has 0 spiro atoms. The fraction of sp³-hybridized carbons (Fsp3) is 0.333. The summed E-state index contributed by atoms with van der Waals surface area (Å²) in [6.45, 7) is 1.67. The Bertz CT molecular complexity index is 873. The number of nitrogens with zero attached hydrogens (tertiary/aromatic N) is 1. The van der Waals surface area contributed by atoms with E-state index in [4.69, 9.17) is 4.74 Å². The molecule has 2 heterocycles. The number of ether oxygens (including phenoxy) is 1. The maximum atomic E-state index is 12.9. The van der Waals surface area contributed by atoms with Crippen molar-refractivity contribution in [2.24, 2.45) is 0 Å². The minimum atomic E-state index is -4.06. The maximum absolute atomic E-state index is 12.9. The van der Waals surface area contributed by atoms with Gasteiger partial charge in [0.05, 0.1) is 17.0 Å². The van der Waals surface area contributed by atoms with E-state index in [1.54, 1.807) is 37.4 Å². The molecule has 1 aliphatic rings. The minimum Gasteiger partial charge on any atom is -0.480 e. The zero-order chi connectivity index (χ0) is 16.7. The van der Waals surface area contributed by atoms with Crippen LogP contribution in [0.4, 0.5) is 0 Å². The Hall–Kier alpha value is -2.03. The molecule has 23 heavy (non-hydrogen) atoms. The quantitative estimate of drug-likeness (QED) is 0.865. The number of nitrogens with one attached hydrogen (secondary N) is 1. The first-order valence-electron chi connectivity index (χ1n) is 7.05. The molecule has 8 heteroatoms. The molecule has 0 saturated carbocycles. The maximum Gasteiger partial charge on any atom is 0.327 e. The van der Waals surface area contributed by atoms with Crippen LogP contribution in [0.2, 0.25) is 0 Å². The lowest BCUT2D eigenvalue weighted by Gasteiger charge is -2.24. The van der Waals surface area contributed by atoms with Gasteiger partial charge in [0.15, 0.2) is 5.54 Å². The van der Waals surface area contributed by atoms with Crippen molar-refractivity contribution < 1.29 is 23.1 Å². The van der Waals surface area contributed by atoms with Gasteiger partial charge in [0, 0.05) is 24.6 Å². The van der Waals surface area contributed by atoms with E-state index in [1.807, 2.05) is 0 Å². The summed E-state index contributed by atoms with van der Waals surface area (Å²) in [5.74, 6) is -1.24. The number of hydrogen-bond donors (Lipinski definition) is 2. The highest BCUT2D eigenvalue weighted by Gasteiger charge is 2.46. The van der Waals surface area contributed by atoms with E-state index in [-0.39, 0.29) is 24.5 Å². The molecule has 7 nitrogen and oxygen atoms in total. The van der Waals surface area contributed by atoms with E-state index in [1.165, 1.54) is 0 Å². The third kappa shape index (κ3) is 2.69. The van der Waals surface area contributed by atoms with Crippen molar-refractivity contribution >= 4 is 26.9 Å². The summed E-state index contributed by atoms with van der Waals surface area (Å²) < 4.78 is 33.2. The van der Waals surface area contributed by atoms with E-state index in [0.29, 0.717) is 16.5 Å². The number of carboxylic acids is 1. The molecule has 0 radical (unpaired) electrons. The van der Waals surface area contributed by atoms with E-state index in [0.717, 1.165) is 0 Å². The van der Waals surface area contributed by atoms with Crippen LogP contribution in [0.15, 0.2) is 35.4 Å². The largest absolute Gasteiger partial charge is 0.480 e. The molecule has 0 amide bonds. The summed E-state index contributed by atoms with van der Waals surface area (Å²) in [5, 5.41) is 9.90. The molecule has 1 fully saturated rings.